The predicted molar refractivity (Wildman–Crippen MR) is 84.4 cm³/mol. The molecule has 0 aromatic heterocycles. The summed E-state index contributed by atoms with van der Waals surface area (Å²) in [7, 11) is 0. The van der Waals surface area contributed by atoms with E-state index < -0.39 is 40.7 Å². The molecule has 6 nitrogen and oxygen atoms in total. The van der Waals surface area contributed by atoms with Gasteiger partial charge in [0.15, 0.2) is 6.61 Å². The zero-order valence-electron chi connectivity index (χ0n) is 12.6. The summed E-state index contributed by atoms with van der Waals surface area (Å²) in [4.78, 5) is 35.4. The van der Waals surface area contributed by atoms with Gasteiger partial charge in [-0.1, -0.05) is 43.0 Å². The van der Waals surface area contributed by atoms with Crippen molar-refractivity contribution in [3.8, 4) is 12.3 Å². The number of carbonyl (C=O) groups is 3. The minimum Gasteiger partial charge on any atom is -0.452 e. The lowest BCUT2D eigenvalue weighted by Crippen LogP contribution is -2.33. The second-order valence-corrected chi connectivity index (χ2v) is 7.17. The number of amides is 3. The highest BCUT2D eigenvalue weighted by molar-refractivity contribution is 6.55. The van der Waals surface area contributed by atoms with E-state index in [1.54, 1.807) is 0 Å². The lowest BCUT2D eigenvalue weighted by Gasteiger charge is -2.19. The lowest BCUT2D eigenvalue weighted by atomic mass is 9.88. The predicted octanol–water partition coefficient (Wildman–Crippen LogP) is 1.72. The van der Waals surface area contributed by atoms with Crippen molar-refractivity contribution in [1.82, 2.24) is 10.6 Å². The maximum atomic E-state index is 12.3. The molecule has 1 aliphatic heterocycles. The number of ether oxygens (including phenoxy) is 1. The van der Waals surface area contributed by atoms with E-state index in [0.717, 1.165) is 0 Å². The van der Waals surface area contributed by atoms with Crippen LogP contribution in [0.25, 0.3) is 0 Å². The van der Waals surface area contributed by atoms with E-state index >= 15 is 0 Å². The van der Waals surface area contributed by atoms with Gasteiger partial charge in [-0.2, -0.15) is 0 Å². The summed E-state index contributed by atoms with van der Waals surface area (Å²) in [5, 5.41) is 4.67. The molecule has 1 saturated heterocycles. The van der Waals surface area contributed by atoms with Crippen LogP contribution < -0.4 is 10.6 Å². The number of imide groups is 1. The van der Waals surface area contributed by atoms with E-state index in [-0.39, 0.29) is 17.5 Å². The van der Waals surface area contributed by atoms with E-state index in [0.29, 0.717) is 0 Å². The second kappa shape index (κ2) is 6.06. The quantitative estimate of drug-likeness (QED) is 0.445. The summed E-state index contributed by atoms with van der Waals surface area (Å²) in [6.45, 7) is 3.55. The number of esters is 1. The van der Waals surface area contributed by atoms with Gasteiger partial charge in [-0.05, 0) is 17.9 Å². The van der Waals surface area contributed by atoms with Gasteiger partial charge in [-0.15, -0.1) is 6.42 Å². The molecule has 8 heteroatoms. The minimum absolute atomic E-state index is 0.0185. The van der Waals surface area contributed by atoms with Crippen molar-refractivity contribution in [2.45, 2.75) is 26.3 Å². The van der Waals surface area contributed by atoms with Gasteiger partial charge < -0.3 is 10.1 Å². The molecular weight excluding hydrogens is 343 g/mol. The first-order valence-electron chi connectivity index (χ1n) is 6.91. The van der Waals surface area contributed by atoms with Gasteiger partial charge in [-0.25, -0.2) is 4.79 Å². The molecule has 2 N–H and O–H groups in total. The zero-order chi connectivity index (χ0) is 17.4. The van der Waals surface area contributed by atoms with Crippen LogP contribution in [0.1, 0.15) is 20.3 Å². The van der Waals surface area contributed by atoms with Gasteiger partial charge in [0.1, 0.15) is 10.5 Å². The smallest absolute Gasteiger partial charge is 0.322 e. The Morgan fingerprint density at radius 2 is 2.09 bits per heavy atom. The van der Waals surface area contributed by atoms with E-state index in [1.807, 2.05) is 13.8 Å². The first kappa shape index (κ1) is 17.6. The first-order chi connectivity index (χ1) is 10.7. The first-order valence-corrected chi connectivity index (χ1v) is 7.66. The van der Waals surface area contributed by atoms with E-state index in [4.69, 9.17) is 34.4 Å². The number of terminal acetylenes is 1. The fraction of sp³-hybridized carbons (Fsp3) is 0.533. The molecule has 3 amide bonds. The third-order valence-electron chi connectivity index (χ3n) is 4.65. The molecule has 0 spiro atoms. The van der Waals surface area contributed by atoms with Gasteiger partial charge in [0, 0.05) is 5.41 Å². The SMILES string of the molecule is C#CCOC(=O)C1C(C)(C)C1(C=C(Cl)Cl)CC1NC(=O)NC1=O. The molecule has 1 aliphatic carbocycles. The summed E-state index contributed by atoms with van der Waals surface area (Å²) >= 11 is 11.6. The largest absolute Gasteiger partial charge is 0.452 e. The Hall–Kier alpha value is -1.71. The minimum atomic E-state index is -0.808. The average Bonchev–Trinajstić information content (AvgIpc) is 2.68. The van der Waals surface area contributed by atoms with E-state index in [9.17, 15) is 14.4 Å². The molecule has 1 saturated carbocycles. The summed E-state index contributed by atoms with van der Waals surface area (Å²) in [5.41, 5.74) is -1.36. The zero-order valence-corrected chi connectivity index (χ0v) is 14.1. The lowest BCUT2D eigenvalue weighted by molar-refractivity contribution is -0.145. The highest BCUT2D eigenvalue weighted by Gasteiger charge is 2.74. The van der Waals surface area contributed by atoms with E-state index in [2.05, 4.69) is 16.6 Å². The number of carbonyl (C=O) groups excluding carboxylic acids is 3. The van der Waals surface area contributed by atoms with Crippen LogP contribution in [0.4, 0.5) is 4.79 Å². The van der Waals surface area contributed by atoms with Crippen LogP contribution >= 0.6 is 23.2 Å². The number of halogens is 2. The summed E-state index contributed by atoms with van der Waals surface area (Å²) < 4.78 is 5.00. The Bertz CT molecular complexity index is 634. The summed E-state index contributed by atoms with van der Waals surface area (Å²) in [5.74, 6) is 0.728. The third-order valence-corrected chi connectivity index (χ3v) is 4.87. The highest BCUT2D eigenvalue weighted by Crippen LogP contribution is 2.72. The molecule has 0 aromatic rings. The van der Waals surface area contributed by atoms with Crippen molar-refractivity contribution >= 4 is 41.1 Å². The van der Waals surface area contributed by atoms with Gasteiger partial charge >= 0.3 is 12.0 Å². The molecule has 2 rings (SSSR count). The van der Waals surface area contributed by atoms with Crippen LogP contribution in [-0.2, 0) is 14.3 Å². The molecule has 0 aromatic carbocycles. The molecule has 23 heavy (non-hydrogen) atoms. The Balaban J connectivity index is 2.29. The highest BCUT2D eigenvalue weighted by atomic mass is 35.5. The van der Waals surface area contributed by atoms with Crippen LogP contribution in [0.15, 0.2) is 10.6 Å². The number of hydrogen-bond donors (Lipinski definition) is 2. The van der Waals surface area contributed by atoms with Gasteiger partial charge in [0.05, 0.1) is 5.92 Å². The Morgan fingerprint density at radius 3 is 2.57 bits per heavy atom. The fourth-order valence-corrected chi connectivity index (χ4v) is 3.82. The maximum absolute atomic E-state index is 12.3. The van der Waals surface area contributed by atoms with Gasteiger partial charge in [0.25, 0.3) is 5.91 Å². The normalized spacial score (nSPS) is 30.7. The Morgan fingerprint density at radius 1 is 1.43 bits per heavy atom. The van der Waals surface area contributed by atoms with Gasteiger partial charge in [-0.3, -0.25) is 14.9 Å². The Kier molecular flexibility index (Phi) is 4.65. The Labute approximate surface area is 143 Å². The third kappa shape index (κ3) is 3.04. The molecule has 3 unspecified atom stereocenters. The van der Waals surface area contributed by atoms with Crippen LogP contribution in [0.3, 0.4) is 0 Å². The second-order valence-electron chi connectivity index (χ2n) is 6.16. The fourth-order valence-electron chi connectivity index (χ4n) is 3.43. The molecule has 2 fully saturated rings. The molecule has 124 valence electrons. The summed E-state index contributed by atoms with van der Waals surface area (Å²) in [6, 6.07) is -1.34. The molecule has 0 bridgehead atoms. The van der Waals surface area contributed by atoms with E-state index in [1.165, 1.54) is 6.08 Å². The van der Waals surface area contributed by atoms with Crippen LogP contribution in [-0.4, -0.2) is 30.6 Å². The summed E-state index contributed by atoms with van der Waals surface area (Å²) in [6.07, 6.45) is 6.81. The average molecular weight is 359 g/mol. The molecular formula is C15H16Cl2N2O4. The van der Waals surface area contributed by atoms with Crippen LogP contribution in [0.2, 0.25) is 0 Å². The number of hydrogen-bond acceptors (Lipinski definition) is 4. The molecule has 1 heterocycles. The van der Waals surface area contributed by atoms with Crippen LogP contribution in [0, 0.1) is 29.1 Å². The van der Waals surface area contributed by atoms with Crippen molar-refractivity contribution < 1.29 is 19.1 Å². The van der Waals surface area contributed by atoms with Crippen molar-refractivity contribution in [2.75, 3.05) is 6.61 Å². The van der Waals surface area contributed by atoms with Gasteiger partial charge in [0.2, 0.25) is 0 Å². The molecule has 0 radical (unpaired) electrons. The van der Waals surface area contributed by atoms with Crippen molar-refractivity contribution in [3.63, 3.8) is 0 Å². The number of allylic oxidation sites excluding steroid dienone is 1. The number of rotatable bonds is 5. The monoisotopic (exact) mass is 358 g/mol. The van der Waals surface area contributed by atoms with Crippen molar-refractivity contribution in [2.24, 2.45) is 16.7 Å². The van der Waals surface area contributed by atoms with Crippen molar-refractivity contribution in [3.05, 3.63) is 10.6 Å². The number of urea groups is 1. The maximum Gasteiger partial charge on any atom is 0.322 e. The molecule has 3 atom stereocenters. The molecule has 2 aliphatic rings. The standard InChI is InChI=1S/C15H16Cl2N2O4/c1-4-5-23-12(21)10-14(2,3)15(10,7-9(16)17)6-8-11(20)19-13(22)18-8/h1,7-8,10H,5-6H2,2-3H3,(H2,18,19,20,22). The topological polar surface area (TPSA) is 84.5 Å². The van der Waals surface area contributed by atoms with Crippen molar-refractivity contribution in [1.29, 1.82) is 0 Å². The number of nitrogens with one attached hydrogen (secondary N) is 2. The van der Waals surface area contributed by atoms with Crippen LogP contribution in [0.5, 0.6) is 0 Å².